The maximum absolute atomic E-state index is 15.8. The summed E-state index contributed by atoms with van der Waals surface area (Å²) in [5, 5.41) is 3.43. The zero-order chi connectivity index (χ0) is 22.6. The quantitative estimate of drug-likeness (QED) is 0.597. The molecule has 2 heterocycles. The third kappa shape index (κ3) is 4.96. The van der Waals surface area contributed by atoms with Crippen LogP contribution < -0.4 is 5.32 Å². The summed E-state index contributed by atoms with van der Waals surface area (Å²) in [6, 6.07) is 19.1. The summed E-state index contributed by atoms with van der Waals surface area (Å²) in [7, 11) is 0. The monoisotopic (exact) mass is 433 g/mol. The summed E-state index contributed by atoms with van der Waals surface area (Å²) < 4.78 is 15.8. The number of amides is 2. The highest BCUT2D eigenvalue weighted by Gasteiger charge is 2.43. The van der Waals surface area contributed by atoms with Crippen molar-refractivity contribution in [2.75, 3.05) is 13.1 Å². The van der Waals surface area contributed by atoms with Crippen LogP contribution in [0.2, 0.25) is 0 Å². The van der Waals surface area contributed by atoms with Gasteiger partial charge in [0.05, 0.1) is 5.52 Å². The van der Waals surface area contributed by atoms with Gasteiger partial charge in [0.25, 0.3) is 11.7 Å². The molecule has 1 atom stereocenters. The SMILES string of the molecule is CC(=O)N[C@](F)(Cc1ccccc1)C(=O)N1CCC(Cc2cccc3ncccc23)CC1. The number of piperidine rings is 1. The van der Waals surface area contributed by atoms with E-state index in [0.717, 1.165) is 30.2 Å². The van der Waals surface area contributed by atoms with E-state index in [1.165, 1.54) is 12.5 Å². The van der Waals surface area contributed by atoms with E-state index in [1.807, 2.05) is 24.3 Å². The third-order valence-corrected chi connectivity index (χ3v) is 6.15. The number of rotatable bonds is 6. The molecule has 0 aliphatic carbocycles. The number of likely N-dealkylation sites (tertiary alicyclic amines) is 1. The average molecular weight is 434 g/mol. The van der Waals surface area contributed by atoms with Gasteiger partial charge in [-0.2, -0.15) is 0 Å². The second-order valence-corrected chi connectivity index (χ2v) is 8.57. The van der Waals surface area contributed by atoms with Gasteiger partial charge >= 0.3 is 0 Å². The molecule has 6 heteroatoms. The average Bonchev–Trinajstić information content (AvgIpc) is 2.79. The molecule has 1 N–H and O–H groups in total. The van der Waals surface area contributed by atoms with Crippen molar-refractivity contribution < 1.29 is 14.0 Å². The van der Waals surface area contributed by atoms with E-state index in [4.69, 9.17) is 0 Å². The second-order valence-electron chi connectivity index (χ2n) is 8.57. The van der Waals surface area contributed by atoms with Crippen molar-refractivity contribution >= 4 is 22.7 Å². The summed E-state index contributed by atoms with van der Waals surface area (Å²) >= 11 is 0. The first kappa shape index (κ1) is 21.9. The highest BCUT2D eigenvalue weighted by Crippen LogP contribution is 2.28. The minimum absolute atomic E-state index is 0.185. The molecule has 3 aromatic rings. The predicted octanol–water partition coefficient (Wildman–Crippen LogP) is 4.06. The minimum atomic E-state index is -2.44. The maximum Gasteiger partial charge on any atom is 0.281 e. The van der Waals surface area contributed by atoms with E-state index >= 15 is 4.39 Å². The predicted molar refractivity (Wildman–Crippen MR) is 123 cm³/mol. The number of nitrogens with one attached hydrogen (secondary N) is 1. The van der Waals surface area contributed by atoms with Gasteiger partial charge in [0.2, 0.25) is 5.91 Å². The zero-order valence-electron chi connectivity index (χ0n) is 18.3. The maximum atomic E-state index is 15.8. The van der Waals surface area contributed by atoms with Crippen molar-refractivity contribution in [3.63, 3.8) is 0 Å². The van der Waals surface area contributed by atoms with Crippen molar-refractivity contribution in [2.24, 2.45) is 5.92 Å². The van der Waals surface area contributed by atoms with Crippen LogP contribution in [0.25, 0.3) is 10.9 Å². The molecule has 166 valence electrons. The van der Waals surface area contributed by atoms with Crippen molar-refractivity contribution in [3.8, 4) is 0 Å². The van der Waals surface area contributed by atoms with Gasteiger partial charge in [0.1, 0.15) is 0 Å². The number of alkyl halides is 1. The summed E-state index contributed by atoms with van der Waals surface area (Å²) in [4.78, 5) is 30.8. The van der Waals surface area contributed by atoms with E-state index in [9.17, 15) is 9.59 Å². The summed E-state index contributed by atoms with van der Waals surface area (Å²) in [6.07, 6.45) is 4.11. The van der Waals surface area contributed by atoms with Crippen LogP contribution in [0.3, 0.4) is 0 Å². The largest absolute Gasteiger partial charge is 0.338 e. The molecule has 32 heavy (non-hydrogen) atoms. The molecule has 1 saturated heterocycles. The molecule has 4 rings (SSSR count). The molecule has 0 spiro atoms. The van der Waals surface area contributed by atoms with Crippen LogP contribution in [0.15, 0.2) is 66.9 Å². The fourth-order valence-electron chi connectivity index (χ4n) is 4.58. The number of benzene rings is 2. The first-order valence-corrected chi connectivity index (χ1v) is 11.1. The molecular weight excluding hydrogens is 405 g/mol. The summed E-state index contributed by atoms with van der Waals surface area (Å²) in [5.74, 6) is -3.25. The van der Waals surface area contributed by atoms with E-state index < -0.39 is 17.6 Å². The van der Waals surface area contributed by atoms with Crippen molar-refractivity contribution in [1.29, 1.82) is 0 Å². The lowest BCUT2D eigenvalue weighted by Gasteiger charge is -2.36. The van der Waals surface area contributed by atoms with Crippen LogP contribution in [0, 0.1) is 5.92 Å². The minimum Gasteiger partial charge on any atom is -0.338 e. The molecule has 2 amide bonds. The Labute approximate surface area is 187 Å². The van der Waals surface area contributed by atoms with Crippen LogP contribution in [0.5, 0.6) is 0 Å². The second kappa shape index (κ2) is 9.47. The first-order chi connectivity index (χ1) is 15.4. The third-order valence-electron chi connectivity index (χ3n) is 6.15. The van der Waals surface area contributed by atoms with Gasteiger partial charge in [-0.3, -0.25) is 14.6 Å². The Kier molecular flexibility index (Phi) is 6.49. The molecule has 0 unspecified atom stereocenters. The Hall–Kier alpha value is -3.28. The number of aromatic nitrogens is 1. The normalized spacial score (nSPS) is 16.5. The Morgan fingerprint density at radius 2 is 1.81 bits per heavy atom. The molecule has 1 aromatic heterocycles. The van der Waals surface area contributed by atoms with Crippen molar-refractivity contribution in [1.82, 2.24) is 15.2 Å². The lowest BCUT2D eigenvalue weighted by Crippen LogP contribution is -2.59. The molecule has 0 bridgehead atoms. The Morgan fingerprint density at radius 3 is 2.53 bits per heavy atom. The van der Waals surface area contributed by atoms with E-state index in [2.05, 4.69) is 22.4 Å². The van der Waals surface area contributed by atoms with Crippen molar-refractivity contribution in [3.05, 3.63) is 78.0 Å². The molecule has 0 radical (unpaired) electrons. The van der Waals surface area contributed by atoms with E-state index in [1.54, 1.807) is 35.4 Å². The molecule has 1 aliphatic rings. The van der Waals surface area contributed by atoms with Gasteiger partial charge in [0.15, 0.2) is 0 Å². The highest BCUT2D eigenvalue weighted by atomic mass is 19.1. The molecule has 0 saturated carbocycles. The van der Waals surface area contributed by atoms with Gasteiger partial charge < -0.3 is 10.2 Å². The van der Waals surface area contributed by atoms with Gasteiger partial charge in [-0.15, -0.1) is 0 Å². The van der Waals surface area contributed by atoms with Crippen LogP contribution in [0.4, 0.5) is 4.39 Å². The number of carbonyl (C=O) groups excluding carboxylic acids is 2. The lowest BCUT2D eigenvalue weighted by atomic mass is 9.88. The number of nitrogens with zero attached hydrogens (tertiary/aromatic N) is 2. The number of hydrogen-bond acceptors (Lipinski definition) is 3. The molecule has 1 aliphatic heterocycles. The van der Waals surface area contributed by atoms with Crippen LogP contribution in [0.1, 0.15) is 30.9 Å². The van der Waals surface area contributed by atoms with Crippen LogP contribution in [-0.2, 0) is 22.4 Å². The van der Waals surface area contributed by atoms with Crippen molar-refractivity contribution in [2.45, 2.75) is 38.4 Å². The highest BCUT2D eigenvalue weighted by molar-refractivity contribution is 5.90. The summed E-state index contributed by atoms with van der Waals surface area (Å²) in [5.41, 5.74) is 2.90. The number of halogens is 1. The van der Waals surface area contributed by atoms with Gasteiger partial charge in [0, 0.05) is 38.0 Å². The molecule has 1 fully saturated rings. The number of hydrogen-bond donors (Lipinski definition) is 1. The lowest BCUT2D eigenvalue weighted by molar-refractivity contribution is -0.151. The number of carbonyl (C=O) groups is 2. The molecular formula is C26H28FN3O2. The Morgan fingerprint density at radius 1 is 1.06 bits per heavy atom. The number of pyridine rings is 1. The fraction of sp³-hybridized carbons (Fsp3) is 0.346. The number of fused-ring (bicyclic) bond motifs is 1. The Bertz CT molecular complexity index is 1090. The topological polar surface area (TPSA) is 62.3 Å². The Balaban J connectivity index is 1.42. The van der Waals surface area contributed by atoms with E-state index in [-0.39, 0.29) is 6.42 Å². The molecule has 5 nitrogen and oxygen atoms in total. The zero-order valence-corrected chi connectivity index (χ0v) is 18.3. The smallest absolute Gasteiger partial charge is 0.281 e. The van der Waals surface area contributed by atoms with Crippen LogP contribution in [-0.4, -0.2) is 40.6 Å². The van der Waals surface area contributed by atoms with Gasteiger partial charge in [-0.25, -0.2) is 4.39 Å². The van der Waals surface area contributed by atoms with Gasteiger partial charge in [-0.05, 0) is 48.4 Å². The first-order valence-electron chi connectivity index (χ1n) is 11.1. The fourth-order valence-corrected chi connectivity index (χ4v) is 4.58. The van der Waals surface area contributed by atoms with Crippen LogP contribution >= 0.6 is 0 Å². The van der Waals surface area contributed by atoms with Gasteiger partial charge in [-0.1, -0.05) is 48.5 Å². The molecule has 2 aromatic carbocycles. The van der Waals surface area contributed by atoms with E-state index in [0.29, 0.717) is 24.6 Å². The standard InChI is InChI=1S/C26H28FN3O2/c1-19(31)29-26(27,18-21-7-3-2-4-8-21)25(32)30-15-12-20(13-16-30)17-22-9-5-11-24-23(22)10-6-14-28-24/h2-11,14,20H,12-13,15-18H2,1H3,(H,29,31)/t26-/m1/s1. The summed E-state index contributed by atoms with van der Waals surface area (Å²) in [6.45, 7) is 2.19.